The fourth-order valence-electron chi connectivity index (χ4n) is 2.86. The molecule has 1 atom stereocenters. The molecule has 98 valence electrons. The number of aromatic nitrogens is 1. The van der Waals surface area contributed by atoms with Crippen molar-refractivity contribution >= 4 is 5.82 Å². The number of aryl methyl sites for hydroxylation is 1. The van der Waals surface area contributed by atoms with Crippen molar-refractivity contribution in [2.24, 2.45) is 0 Å². The number of anilines is 1. The minimum atomic E-state index is 0.509. The molecule has 0 spiro atoms. The van der Waals surface area contributed by atoms with E-state index in [4.69, 9.17) is 4.74 Å². The van der Waals surface area contributed by atoms with Gasteiger partial charge in [-0.1, -0.05) is 0 Å². The molecule has 3 rings (SSSR count). The summed E-state index contributed by atoms with van der Waals surface area (Å²) in [4.78, 5) is 7.00. The van der Waals surface area contributed by atoms with Crippen molar-refractivity contribution in [1.82, 2.24) is 10.3 Å². The fraction of sp³-hybridized carbons (Fsp3) is 0.643. The molecule has 18 heavy (non-hydrogen) atoms. The molecule has 0 saturated carbocycles. The van der Waals surface area contributed by atoms with Crippen molar-refractivity contribution in [2.75, 3.05) is 37.7 Å². The standard InChI is InChI=1S/C14H21N3O/c1-11-9-12(13-3-2-4-15-13)10-16-14(11)17-5-7-18-8-6-17/h9-10,13,15H,2-8H2,1H3/t13-/m1/s1. The van der Waals surface area contributed by atoms with Gasteiger partial charge in [-0.3, -0.25) is 0 Å². The molecule has 2 saturated heterocycles. The molecule has 1 N–H and O–H groups in total. The number of rotatable bonds is 2. The lowest BCUT2D eigenvalue weighted by molar-refractivity contribution is 0.122. The van der Waals surface area contributed by atoms with Crippen LogP contribution in [0.2, 0.25) is 0 Å². The SMILES string of the molecule is Cc1cc([C@H]2CCCN2)cnc1N1CCOCC1. The molecule has 1 aromatic heterocycles. The first-order valence-electron chi connectivity index (χ1n) is 6.87. The van der Waals surface area contributed by atoms with Crippen LogP contribution in [0.5, 0.6) is 0 Å². The zero-order chi connectivity index (χ0) is 12.4. The van der Waals surface area contributed by atoms with Crippen molar-refractivity contribution in [3.63, 3.8) is 0 Å². The third kappa shape index (κ3) is 2.35. The zero-order valence-electron chi connectivity index (χ0n) is 11.0. The third-order valence-corrected chi connectivity index (χ3v) is 3.85. The summed E-state index contributed by atoms with van der Waals surface area (Å²) in [5, 5.41) is 3.53. The Bertz CT molecular complexity index is 410. The molecular weight excluding hydrogens is 226 g/mol. The normalized spacial score (nSPS) is 24.5. The fourth-order valence-corrected chi connectivity index (χ4v) is 2.86. The van der Waals surface area contributed by atoms with Crippen LogP contribution >= 0.6 is 0 Å². The molecule has 1 aromatic rings. The molecule has 2 aliphatic heterocycles. The largest absolute Gasteiger partial charge is 0.378 e. The lowest BCUT2D eigenvalue weighted by atomic mass is 10.1. The van der Waals surface area contributed by atoms with Crippen LogP contribution in [0.4, 0.5) is 5.82 Å². The highest BCUT2D eigenvalue weighted by Crippen LogP contribution is 2.26. The summed E-state index contributed by atoms with van der Waals surface area (Å²) < 4.78 is 5.39. The quantitative estimate of drug-likeness (QED) is 0.862. The second-order valence-electron chi connectivity index (χ2n) is 5.16. The van der Waals surface area contributed by atoms with Gasteiger partial charge >= 0.3 is 0 Å². The van der Waals surface area contributed by atoms with E-state index in [-0.39, 0.29) is 0 Å². The summed E-state index contributed by atoms with van der Waals surface area (Å²) in [6, 6.07) is 2.80. The van der Waals surface area contributed by atoms with E-state index in [2.05, 4.69) is 28.2 Å². The van der Waals surface area contributed by atoms with Gasteiger partial charge in [0.15, 0.2) is 0 Å². The number of ether oxygens (including phenoxy) is 1. The zero-order valence-corrected chi connectivity index (χ0v) is 11.0. The van der Waals surface area contributed by atoms with Crippen LogP contribution in [0.15, 0.2) is 12.3 Å². The highest BCUT2D eigenvalue weighted by molar-refractivity contribution is 5.48. The number of morpholine rings is 1. The number of hydrogen-bond donors (Lipinski definition) is 1. The van der Waals surface area contributed by atoms with Gasteiger partial charge in [0.25, 0.3) is 0 Å². The summed E-state index contributed by atoms with van der Waals surface area (Å²) in [6.07, 6.45) is 4.55. The molecule has 0 radical (unpaired) electrons. The maximum absolute atomic E-state index is 5.39. The van der Waals surface area contributed by atoms with Gasteiger partial charge in [0.05, 0.1) is 13.2 Å². The Kier molecular flexibility index (Phi) is 3.48. The summed E-state index contributed by atoms with van der Waals surface area (Å²) in [5.74, 6) is 1.13. The summed E-state index contributed by atoms with van der Waals surface area (Å²) in [7, 11) is 0. The molecule has 0 aromatic carbocycles. The first-order chi connectivity index (χ1) is 8.84. The summed E-state index contributed by atoms with van der Waals surface area (Å²) in [5.41, 5.74) is 2.62. The highest BCUT2D eigenvalue weighted by atomic mass is 16.5. The smallest absolute Gasteiger partial charge is 0.131 e. The van der Waals surface area contributed by atoms with Crippen LogP contribution in [-0.2, 0) is 4.74 Å². The second kappa shape index (κ2) is 5.24. The van der Waals surface area contributed by atoms with Gasteiger partial charge in [-0.25, -0.2) is 4.98 Å². The molecule has 4 heteroatoms. The van der Waals surface area contributed by atoms with Gasteiger partial charge in [-0.15, -0.1) is 0 Å². The van der Waals surface area contributed by atoms with E-state index >= 15 is 0 Å². The van der Waals surface area contributed by atoms with Crippen LogP contribution in [0.3, 0.4) is 0 Å². The summed E-state index contributed by atoms with van der Waals surface area (Å²) >= 11 is 0. The number of nitrogens with zero attached hydrogens (tertiary/aromatic N) is 2. The van der Waals surface area contributed by atoms with Gasteiger partial charge in [-0.2, -0.15) is 0 Å². The molecule has 0 aliphatic carbocycles. The van der Waals surface area contributed by atoms with E-state index in [0.29, 0.717) is 6.04 Å². The number of hydrogen-bond acceptors (Lipinski definition) is 4. The predicted molar refractivity (Wildman–Crippen MR) is 72.0 cm³/mol. The van der Waals surface area contributed by atoms with Crippen LogP contribution < -0.4 is 10.2 Å². The minimum Gasteiger partial charge on any atom is -0.378 e. The maximum Gasteiger partial charge on any atom is 0.131 e. The van der Waals surface area contributed by atoms with Crippen molar-refractivity contribution in [2.45, 2.75) is 25.8 Å². The van der Waals surface area contributed by atoms with Gasteiger partial charge < -0.3 is 15.0 Å². The maximum atomic E-state index is 5.39. The van der Waals surface area contributed by atoms with Crippen molar-refractivity contribution in [3.8, 4) is 0 Å². The first kappa shape index (κ1) is 11.9. The van der Waals surface area contributed by atoms with Crippen molar-refractivity contribution in [1.29, 1.82) is 0 Å². The second-order valence-corrected chi connectivity index (χ2v) is 5.16. The number of nitrogens with one attached hydrogen (secondary N) is 1. The molecular formula is C14H21N3O. The molecule has 2 aliphatic rings. The van der Waals surface area contributed by atoms with E-state index in [1.807, 2.05) is 6.20 Å². The van der Waals surface area contributed by atoms with Gasteiger partial charge in [0.2, 0.25) is 0 Å². The Hall–Kier alpha value is -1.13. The lowest BCUT2D eigenvalue weighted by Gasteiger charge is -2.29. The Labute approximate surface area is 108 Å². The Balaban J connectivity index is 1.79. The van der Waals surface area contributed by atoms with E-state index in [9.17, 15) is 0 Å². The third-order valence-electron chi connectivity index (χ3n) is 3.85. The molecule has 0 amide bonds. The van der Waals surface area contributed by atoms with E-state index in [0.717, 1.165) is 38.7 Å². The van der Waals surface area contributed by atoms with E-state index < -0.39 is 0 Å². The number of pyridine rings is 1. The molecule has 3 heterocycles. The van der Waals surface area contributed by atoms with Crippen molar-refractivity contribution in [3.05, 3.63) is 23.4 Å². The van der Waals surface area contributed by atoms with Gasteiger partial charge in [-0.05, 0) is 43.5 Å². The Morgan fingerprint density at radius 1 is 1.39 bits per heavy atom. The van der Waals surface area contributed by atoms with E-state index in [1.54, 1.807) is 0 Å². The lowest BCUT2D eigenvalue weighted by Crippen LogP contribution is -2.37. The average Bonchev–Trinajstić information content (AvgIpc) is 2.93. The molecule has 4 nitrogen and oxygen atoms in total. The first-order valence-corrected chi connectivity index (χ1v) is 6.87. The monoisotopic (exact) mass is 247 g/mol. The topological polar surface area (TPSA) is 37.4 Å². The average molecular weight is 247 g/mol. The Morgan fingerprint density at radius 2 is 2.22 bits per heavy atom. The van der Waals surface area contributed by atoms with Crippen LogP contribution in [-0.4, -0.2) is 37.8 Å². The predicted octanol–water partition coefficient (Wildman–Crippen LogP) is 1.65. The van der Waals surface area contributed by atoms with Crippen molar-refractivity contribution < 1.29 is 4.74 Å². The van der Waals surface area contributed by atoms with E-state index in [1.165, 1.54) is 24.0 Å². The highest BCUT2D eigenvalue weighted by Gasteiger charge is 2.19. The molecule has 2 fully saturated rings. The molecule has 0 bridgehead atoms. The van der Waals surface area contributed by atoms with Gasteiger partial charge in [0, 0.05) is 25.3 Å². The van der Waals surface area contributed by atoms with Gasteiger partial charge in [0.1, 0.15) is 5.82 Å². The molecule has 0 unspecified atom stereocenters. The van der Waals surface area contributed by atoms with Crippen LogP contribution in [0, 0.1) is 6.92 Å². The van der Waals surface area contributed by atoms with Crippen LogP contribution in [0.25, 0.3) is 0 Å². The van der Waals surface area contributed by atoms with Crippen LogP contribution in [0.1, 0.15) is 30.0 Å². The summed E-state index contributed by atoms with van der Waals surface area (Å²) in [6.45, 7) is 6.83. The minimum absolute atomic E-state index is 0.509. The Morgan fingerprint density at radius 3 is 2.89 bits per heavy atom.